The number of halogens is 1. The van der Waals surface area contributed by atoms with Crippen LogP contribution in [0.15, 0.2) is 77.7 Å². The van der Waals surface area contributed by atoms with Gasteiger partial charge in [-0.25, -0.2) is 8.42 Å². The lowest BCUT2D eigenvalue weighted by atomic mass is 10.1. The van der Waals surface area contributed by atoms with Crippen molar-refractivity contribution in [3.05, 3.63) is 94.5 Å². The van der Waals surface area contributed by atoms with Gasteiger partial charge in [0.25, 0.3) is 10.0 Å². The van der Waals surface area contributed by atoms with E-state index in [0.717, 1.165) is 21.0 Å². The molecule has 0 aliphatic rings. The summed E-state index contributed by atoms with van der Waals surface area (Å²) in [4.78, 5) is 13.0. The number of nitrogens with one attached hydrogen (secondary N) is 1. The monoisotopic (exact) mass is 456 g/mol. The molecule has 0 aliphatic heterocycles. The molecule has 1 atom stereocenters. The Kier molecular flexibility index (Phi) is 7.03. The number of carbonyl (C=O) groups is 1. The molecule has 3 aromatic carbocycles. The van der Waals surface area contributed by atoms with E-state index in [9.17, 15) is 13.2 Å². The van der Waals surface area contributed by atoms with E-state index in [4.69, 9.17) is 11.6 Å². The number of anilines is 1. The second kappa shape index (κ2) is 9.54. The van der Waals surface area contributed by atoms with Crippen LogP contribution in [0.3, 0.4) is 0 Å². The molecule has 0 radical (unpaired) electrons. The van der Waals surface area contributed by atoms with Crippen molar-refractivity contribution in [3.8, 4) is 0 Å². The minimum Gasteiger partial charge on any atom is -0.348 e. The van der Waals surface area contributed by atoms with Crippen molar-refractivity contribution in [2.45, 2.75) is 31.7 Å². The predicted octanol–water partition coefficient (Wildman–Crippen LogP) is 5.03. The van der Waals surface area contributed by atoms with E-state index >= 15 is 0 Å². The van der Waals surface area contributed by atoms with Crippen LogP contribution in [0, 0.1) is 13.8 Å². The van der Waals surface area contributed by atoms with Gasteiger partial charge in [0, 0.05) is 5.02 Å². The number of nitrogens with zero attached hydrogens (tertiary/aromatic N) is 1. The summed E-state index contributed by atoms with van der Waals surface area (Å²) < 4.78 is 27.9. The van der Waals surface area contributed by atoms with Crippen molar-refractivity contribution in [2.24, 2.45) is 0 Å². The first-order valence-corrected chi connectivity index (χ1v) is 11.7. The standard InChI is InChI=1S/C24H25ClN2O3S/c1-17-7-11-20(12-8-17)19(3)26-24(28)16-27(22-6-4-5-21(25)15-22)31(29,30)23-13-9-18(2)10-14-23/h4-15,19H,16H2,1-3H3,(H,26,28)/t19-/m0/s1. The Balaban J connectivity index is 1.89. The highest BCUT2D eigenvalue weighted by Gasteiger charge is 2.28. The average molecular weight is 457 g/mol. The van der Waals surface area contributed by atoms with E-state index in [-0.39, 0.29) is 17.5 Å². The van der Waals surface area contributed by atoms with Crippen LogP contribution in [0.5, 0.6) is 0 Å². The Morgan fingerprint density at radius 2 is 1.55 bits per heavy atom. The summed E-state index contributed by atoms with van der Waals surface area (Å²) in [5.74, 6) is -0.413. The zero-order chi connectivity index (χ0) is 22.6. The number of amides is 1. The van der Waals surface area contributed by atoms with Gasteiger partial charge in [0.2, 0.25) is 5.91 Å². The van der Waals surface area contributed by atoms with Gasteiger partial charge in [-0.15, -0.1) is 0 Å². The number of hydrogen-bond acceptors (Lipinski definition) is 3. The average Bonchev–Trinajstić information content (AvgIpc) is 2.72. The summed E-state index contributed by atoms with van der Waals surface area (Å²) in [6.45, 7) is 5.37. The summed E-state index contributed by atoms with van der Waals surface area (Å²) in [5, 5.41) is 3.27. The van der Waals surface area contributed by atoms with Gasteiger partial charge in [-0.3, -0.25) is 9.10 Å². The van der Waals surface area contributed by atoms with E-state index in [1.807, 2.05) is 45.0 Å². The third-order valence-electron chi connectivity index (χ3n) is 4.95. The highest BCUT2D eigenvalue weighted by Crippen LogP contribution is 2.26. The number of rotatable bonds is 7. The minimum atomic E-state index is -3.97. The van der Waals surface area contributed by atoms with Crippen LogP contribution in [-0.2, 0) is 14.8 Å². The van der Waals surface area contributed by atoms with Gasteiger partial charge in [-0.2, -0.15) is 0 Å². The van der Waals surface area contributed by atoms with E-state index in [0.29, 0.717) is 10.7 Å². The number of benzene rings is 3. The van der Waals surface area contributed by atoms with Gasteiger partial charge >= 0.3 is 0 Å². The molecular formula is C24H25ClN2O3S. The van der Waals surface area contributed by atoms with Crippen LogP contribution in [-0.4, -0.2) is 20.9 Å². The fourth-order valence-electron chi connectivity index (χ4n) is 3.14. The van der Waals surface area contributed by atoms with Crippen LogP contribution in [0.1, 0.15) is 29.7 Å². The molecule has 0 heterocycles. The summed E-state index contributed by atoms with van der Waals surface area (Å²) >= 11 is 6.10. The quantitative estimate of drug-likeness (QED) is 0.542. The summed E-state index contributed by atoms with van der Waals surface area (Å²) in [6.07, 6.45) is 0. The van der Waals surface area contributed by atoms with Gasteiger partial charge in [-0.05, 0) is 56.7 Å². The van der Waals surface area contributed by atoms with Crippen molar-refractivity contribution < 1.29 is 13.2 Å². The fraction of sp³-hybridized carbons (Fsp3) is 0.208. The van der Waals surface area contributed by atoms with Gasteiger partial charge in [0.05, 0.1) is 16.6 Å². The summed E-state index contributed by atoms with van der Waals surface area (Å²) in [6, 6.07) is 20.5. The molecule has 0 spiro atoms. The maximum absolute atomic E-state index is 13.4. The van der Waals surface area contributed by atoms with Crippen molar-refractivity contribution in [1.82, 2.24) is 5.32 Å². The Morgan fingerprint density at radius 3 is 2.13 bits per heavy atom. The van der Waals surface area contributed by atoms with Gasteiger partial charge in [0.15, 0.2) is 0 Å². The number of sulfonamides is 1. The molecule has 0 aromatic heterocycles. The fourth-order valence-corrected chi connectivity index (χ4v) is 4.74. The largest absolute Gasteiger partial charge is 0.348 e. The molecule has 0 unspecified atom stereocenters. The molecule has 0 saturated carbocycles. The van der Waals surface area contributed by atoms with Gasteiger partial charge in [0.1, 0.15) is 6.54 Å². The molecule has 1 N–H and O–H groups in total. The third kappa shape index (κ3) is 5.66. The number of aryl methyl sites for hydroxylation is 2. The SMILES string of the molecule is Cc1ccc([C@H](C)NC(=O)CN(c2cccc(Cl)c2)S(=O)(=O)c2ccc(C)cc2)cc1. The Morgan fingerprint density at radius 1 is 0.968 bits per heavy atom. The molecule has 31 heavy (non-hydrogen) atoms. The Labute approximate surface area is 188 Å². The van der Waals surface area contributed by atoms with Crippen LogP contribution in [0.2, 0.25) is 5.02 Å². The number of hydrogen-bond donors (Lipinski definition) is 1. The molecule has 5 nitrogen and oxygen atoms in total. The lowest BCUT2D eigenvalue weighted by Crippen LogP contribution is -2.41. The highest BCUT2D eigenvalue weighted by molar-refractivity contribution is 7.92. The van der Waals surface area contributed by atoms with E-state index < -0.39 is 15.9 Å². The zero-order valence-corrected chi connectivity index (χ0v) is 19.2. The van der Waals surface area contributed by atoms with Crippen molar-refractivity contribution >= 4 is 33.2 Å². The molecule has 7 heteroatoms. The molecule has 162 valence electrons. The molecule has 0 aliphatic carbocycles. The highest BCUT2D eigenvalue weighted by atomic mass is 35.5. The Bertz CT molecular complexity index is 1160. The molecule has 3 rings (SSSR count). The van der Waals surface area contributed by atoms with Crippen molar-refractivity contribution in [3.63, 3.8) is 0 Å². The normalized spacial score (nSPS) is 12.3. The van der Waals surface area contributed by atoms with Crippen molar-refractivity contribution in [2.75, 3.05) is 10.8 Å². The first-order valence-electron chi connectivity index (χ1n) is 9.88. The lowest BCUT2D eigenvalue weighted by Gasteiger charge is -2.25. The molecule has 3 aromatic rings. The summed E-state index contributed by atoms with van der Waals surface area (Å²) in [7, 11) is -3.97. The maximum atomic E-state index is 13.4. The summed E-state index contributed by atoms with van der Waals surface area (Å²) in [5.41, 5.74) is 3.33. The predicted molar refractivity (Wildman–Crippen MR) is 125 cm³/mol. The minimum absolute atomic E-state index is 0.109. The Hall–Kier alpha value is -2.83. The van der Waals surface area contributed by atoms with Crippen molar-refractivity contribution in [1.29, 1.82) is 0 Å². The van der Waals surface area contributed by atoms with Crippen LogP contribution < -0.4 is 9.62 Å². The van der Waals surface area contributed by atoms with Crippen LogP contribution in [0.25, 0.3) is 0 Å². The first kappa shape index (κ1) is 22.8. The van der Waals surface area contributed by atoms with E-state index in [1.54, 1.807) is 30.3 Å². The van der Waals surface area contributed by atoms with E-state index in [1.165, 1.54) is 18.2 Å². The zero-order valence-electron chi connectivity index (χ0n) is 17.7. The lowest BCUT2D eigenvalue weighted by molar-refractivity contribution is -0.120. The maximum Gasteiger partial charge on any atom is 0.264 e. The molecular weight excluding hydrogens is 432 g/mol. The van der Waals surface area contributed by atoms with Crippen LogP contribution in [0.4, 0.5) is 5.69 Å². The first-order chi connectivity index (χ1) is 14.7. The van der Waals surface area contributed by atoms with Gasteiger partial charge < -0.3 is 5.32 Å². The topological polar surface area (TPSA) is 66.5 Å². The number of carbonyl (C=O) groups excluding carboxylic acids is 1. The smallest absolute Gasteiger partial charge is 0.264 e. The molecule has 0 fully saturated rings. The molecule has 0 saturated heterocycles. The molecule has 0 bridgehead atoms. The third-order valence-corrected chi connectivity index (χ3v) is 6.97. The second-order valence-corrected chi connectivity index (χ2v) is 9.80. The van der Waals surface area contributed by atoms with Gasteiger partial charge in [-0.1, -0.05) is 65.2 Å². The molecule has 1 amide bonds. The van der Waals surface area contributed by atoms with E-state index in [2.05, 4.69) is 5.32 Å². The van der Waals surface area contributed by atoms with Crippen LogP contribution >= 0.6 is 11.6 Å². The second-order valence-electron chi connectivity index (χ2n) is 7.50.